The average Bonchev–Trinajstić information content (AvgIpc) is 2.19. The third-order valence-electron chi connectivity index (χ3n) is 3.25. The Hall–Kier alpha value is -0.0900. The number of nitrogens with one attached hydrogen (secondary N) is 1. The van der Waals surface area contributed by atoms with Crippen LogP contribution in [0.5, 0.6) is 0 Å². The first-order valence-corrected chi connectivity index (χ1v) is 7.11. The number of hydrogen-bond acceptors (Lipinski definition) is 2. The van der Waals surface area contributed by atoms with Gasteiger partial charge in [0.05, 0.1) is 5.75 Å². The topological polar surface area (TPSA) is 46.2 Å². The summed E-state index contributed by atoms with van der Waals surface area (Å²) in [5, 5.41) is 0. The fourth-order valence-electron chi connectivity index (χ4n) is 2.27. The largest absolute Gasteiger partial charge is 0.218 e. The third kappa shape index (κ3) is 3.58. The fraction of sp³-hybridized carbons (Fsp3) is 1.00. The van der Waals surface area contributed by atoms with Gasteiger partial charge in [-0.15, -0.1) is 0 Å². The van der Waals surface area contributed by atoms with Crippen LogP contribution in [0.4, 0.5) is 0 Å². The highest BCUT2D eigenvalue weighted by atomic mass is 32.2. The maximum atomic E-state index is 11.3. The van der Waals surface area contributed by atoms with E-state index in [1.165, 1.54) is 39.2 Å². The van der Waals surface area contributed by atoms with Gasteiger partial charge < -0.3 is 0 Å². The molecular formula is C10H21NO2S. The molecule has 0 aromatic heterocycles. The molecule has 14 heavy (non-hydrogen) atoms. The first-order chi connectivity index (χ1) is 6.55. The highest BCUT2D eigenvalue weighted by Crippen LogP contribution is 2.30. The van der Waals surface area contributed by atoms with E-state index in [1.807, 2.05) is 0 Å². The maximum Gasteiger partial charge on any atom is 0.211 e. The molecule has 1 N–H and O–H groups in total. The molecular weight excluding hydrogens is 198 g/mol. The molecule has 0 heterocycles. The van der Waals surface area contributed by atoms with Gasteiger partial charge in [0.1, 0.15) is 0 Å². The van der Waals surface area contributed by atoms with E-state index in [2.05, 4.69) is 11.6 Å². The summed E-state index contributed by atoms with van der Waals surface area (Å²) < 4.78 is 25.1. The molecule has 0 spiro atoms. The van der Waals surface area contributed by atoms with Crippen molar-refractivity contribution in [2.45, 2.75) is 39.0 Å². The van der Waals surface area contributed by atoms with Gasteiger partial charge in [-0.05, 0) is 18.9 Å². The maximum absolute atomic E-state index is 11.3. The minimum atomic E-state index is -3.02. The van der Waals surface area contributed by atoms with Crippen LogP contribution in [0.1, 0.15) is 39.0 Å². The van der Waals surface area contributed by atoms with Gasteiger partial charge in [0.15, 0.2) is 0 Å². The van der Waals surface area contributed by atoms with E-state index in [1.54, 1.807) is 0 Å². The Morgan fingerprint density at radius 1 is 1.29 bits per heavy atom. The molecule has 1 aliphatic rings. The molecule has 0 amide bonds. The second-order valence-corrected chi connectivity index (χ2v) is 6.33. The van der Waals surface area contributed by atoms with Crippen LogP contribution < -0.4 is 4.72 Å². The van der Waals surface area contributed by atoms with E-state index in [0.29, 0.717) is 11.8 Å². The molecule has 4 heteroatoms. The summed E-state index contributed by atoms with van der Waals surface area (Å²) >= 11 is 0. The van der Waals surface area contributed by atoms with Gasteiger partial charge in [-0.3, -0.25) is 0 Å². The van der Waals surface area contributed by atoms with E-state index in [9.17, 15) is 8.42 Å². The van der Waals surface area contributed by atoms with Crippen LogP contribution in [0.2, 0.25) is 0 Å². The van der Waals surface area contributed by atoms with Gasteiger partial charge in [-0.2, -0.15) is 0 Å². The van der Waals surface area contributed by atoms with Crippen LogP contribution in [0, 0.1) is 11.8 Å². The molecule has 84 valence electrons. The lowest BCUT2D eigenvalue weighted by atomic mass is 9.82. The minimum Gasteiger partial charge on any atom is -0.218 e. The molecule has 1 saturated carbocycles. The van der Waals surface area contributed by atoms with Crippen molar-refractivity contribution in [3.8, 4) is 0 Å². The summed E-state index contributed by atoms with van der Waals surface area (Å²) in [6.07, 6.45) is 6.28. The SMILES string of the molecule is CNS(=O)(=O)CC(C)C1CCCCC1. The molecule has 0 aromatic carbocycles. The van der Waals surface area contributed by atoms with Crippen molar-refractivity contribution in [1.82, 2.24) is 4.72 Å². The molecule has 1 rings (SSSR count). The Morgan fingerprint density at radius 2 is 1.86 bits per heavy atom. The zero-order valence-corrected chi connectivity index (χ0v) is 9.94. The number of hydrogen-bond donors (Lipinski definition) is 1. The minimum absolute atomic E-state index is 0.286. The lowest BCUT2D eigenvalue weighted by molar-refractivity contribution is 0.280. The van der Waals surface area contributed by atoms with E-state index >= 15 is 0 Å². The Kier molecular flexibility index (Phi) is 4.38. The Labute approximate surface area is 87.3 Å². The van der Waals surface area contributed by atoms with Crippen molar-refractivity contribution in [3.05, 3.63) is 0 Å². The summed E-state index contributed by atoms with van der Waals surface area (Å²) in [7, 11) is -1.53. The van der Waals surface area contributed by atoms with Crippen molar-refractivity contribution >= 4 is 10.0 Å². The highest BCUT2D eigenvalue weighted by Gasteiger charge is 2.23. The molecule has 1 fully saturated rings. The normalized spacial score (nSPS) is 22.1. The molecule has 0 aromatic rings. The third-order valence-corrected chi connectivity index (χ3v) is 4.83. The van der Waals surface area contributed by atoms with Gasteiger partial charge >= 0.3 is 0 Å². The van der Waals surface area contributed by atoms with Gasteiger partial charge in [0, 0.05) is 0 Å². The first-order valence-electron chi connectivity index (χ1n) is 5.46. The quantitative estimate of drug-likeness (QED) is 0.783. The first kappa shape index (κ1) is 12.0. The fourth-order valence-corrected chi connectivity index (χ4v) is 3.40. The van der Waals surface area contributed by atoms with Gasteiger partial charge in [0.25, 0.3) is 0 Å². The summed E-state index contributed by atoms with van der Waals surface area (Å²) in [5.74, 6) is 1.20. The number of sulfonamides is 1. The van der Waals surface area contributed by atoms with Crippen molar-refractivity contribution in [3.63, 3.8) is 0 Å². The van der Waals surface area contributed by atoms with Gasteiger partial charge in [-0.1, -0.05) is 39.0 Å². The molecule has 1 atom stereocenters. The highest BCUT2D eigenvalue weighted by molar-refractivity contribution is 7.89. The van der Waals surface area contributed by atoms with Crippen molar-refractivity contribution in [2.75, 3.05) is 12.8 Å². The predicted molar refractivity (Wildman–Crippen MR) is 58.6 cm³/mol. The van der Waals surface area contributed by atoms with Gasteiger partial charge in [0.2, 0.25) is 10.0 Å². The van der Waals surface area contributed by atoms with Crippen LogP contribution in [0.3, 0.4) is 0 Å². The van der Waals surface area contributed by atoms with Gasteiger partial charge in [-0.25, -0.2) is 13.1 Å². The molecule has 0 aliphatic heterocycles. The molecule has 1 aliphatic carbocycles. The zero-order chi connectivity index (χ0) is 10.6. The van der Waals surface area contributed by atoms with E-state index in [-0.39, 0.29) is 5.75 Å². The molecule has 0 radical (unpaired) electrons. The summed E-state index contributed by atoms with van der Waals surface area (Å²) in [5.41, 5.74) is 0. The Bertz CT molecular complexity index is 255. The van der Waals surface area contributed by atoms with Crippen molar-refractivity contribution in [1.29, 1.82) is 0 Å². The van der Waals surface area contributed by atoms with E-state index in [0.717, 1.165) is 0 Å². The van der Waals surface area contributed by atoms with Crippen LogP contribution in [-0.2, 0) is 10.0 Å². The van der Waals surface area contributed by atoms with Crippen LogP contribution in [-0.4, -0.2) is 21.2 Å². The lowest BCUT2D eigenvalue weighted by Gasteiger charge is -2.27. The lowest BCUT2D eigenvalue weighted by Crippen LogP contribution is -2.29. The second kappa shape index (κ2) is 5.12. The Balaban J connectivity index is 2.44. The van der Waals surface area contributed by atoms with Crippen molar-refractivity contribution < 1.29 is 8.42 Å². The summed E-state index contributed by atoms with van der Waals surface area (Å²) in [6.45, 7) is 2.06. The molecule has 3 nitrogen and oxygen atoms in total. The van der Waals surface area contributed by atoms with E-state index < -0.39 is 10.0 Å². The molecule has 1 unspecified atom stereocenters. The van der Waals surface area contributed by atoms with Crippen LogP contribution in [0.15, 0.2) is 0 Å². The standard InChI is InChI=1S/C10H21NO2S/c1-9(8-14(12,13)11-2)10-6-4-3-5-7-10/h9-11H,3-8H2,1-2H3. The summed E-state index contributed by atoms with van der Waals surface area (Å²) in [4.78, 5) is 0. The molecule has 0 saturated heterocycles. The smallest absolute Gasteiger partial charge is 0.211 e. The second-order valence-electron chi connectivity index (χ2n) is 4.36. The summed E-state index contributed by atoms with van der Waals surface area (Å²) in [6, 6.07) is 0. The van der Waals surface area contributed by atoms with E-state index in [4.69, 9.17) is 0 Å². The van der Waals surface area contributed by atoms with Crippen LogP contribution in [0.25, 0.3) is 0 Å². The number of rotatable bonds is 4. The monoisotopic (exact) mass is 219 g/mol. The molecule has 0 bridgehead atoms. The van der Waals surface area contributed by atoms with Crippen molar-refractivity contribution in [2.24, 2.45) is 11.8 Å². The zero-order valence-electron chi connectivity index (χ0n) is 9.12. The average molecular weight is 219 g/mol. The van der Waals surface area contributed by atoms with Crippen LogP contribution >= 0.6 is 0 Å². The predicted octanol–water partition coefficient (Wildman–Crippen LogP) is 1.75. The Morgan fingerprint density at radius 3 is 2.36 bits per heavy atom.